The van der Waals surface area contributed by atoms with Crippen LogP contribution in [0.15, 0.2) is 64.1 Å². The number of aromatic nitrogens is 1. The van der Waals surface area contributed by atoms with Crippen LogP contribution in [-0.2, 0) is 0 Å². The van der Waals surface area contributed by atoms with E-state index < -0.39 is 0 Å². The number of halogens is 1. The Morgan fingerprint density at radius 2 is 1.84 bits per heavy atom. The second-order valence-electron chi connectivity index (χ2n) is 5.83. The zero-order valence-electron chi connectivity index (χ0n) is 14.7. The molecular weight excluding hydrogens is 376 g/mol. The van der Waals surface area contributed by atoms with Crippen LogP contribution in [0.5, 0.6) is 5.75 Å². The molecule has 0 aliphatic carbocycles. The van der Waals surface area contributed by atoms with Crippen LogP contribution in [0.25, 0.3) is 5.69 Å². The lowest BCUT2D eigenvalue weighted by Gasteiger charge is -2.09. The number of aliphatic imine (C=N–C) groups is 1. The van der Waals surface area contributed by atoms with Crippen LogP contribution in [0.3, 0.4) is 0 Å². The fourth-order valence-corrected chi connectivity index (χ4v) is 3.13. The molecule has 128 valence electrons. The molecule has 0 N–H and O–H groups in total. The molecule has 0 radical (unpaired) electrons. The minimum absolute atomic E-state index is 0.654. The van der Waals surface area contributed by atoms with E-state index in [1.807, 2.05) is 37.4 Å². The summed E-state index contributed by atoms with van der Waals surface area (Å²) < 4.78 is 8.85. The SMILES string of the molecule is CCOc1cccc(N=Cc2cc(C)n(-c3ccc(Br)cc3)c2C)c1. The molecule has 0 saturated heterocycles. The summed E-state index contributed by atoms with van der Waals surface area (Å²) in [6.45, 7) is 6.86. The molecule has 0 atom stereocenters. The van der Waals surface area contributed by atoms with Gasteiger partial charge in [0, 0.05) is 39.4 Å². The van der Waals surface area contributed by atoms with Gasteiger partial charge in [0.15, 0.2) is 0 Å². The van der Waals surface area contributed by atoms with Gasteiger partial charge in [-0.1, -0.05) is 22.0 Å². The smallest absolute Gasteiger partial charge is 0.121 e. The van der Waals surface area contributed by atoms with Crippen LogP contribution < -0.4 is 4.74 Å². The highest BCUT2D eigenvalue weighted by Crippen LogP contribution is 2.23. The van der Waals surface area contributed by atoms with Crippen molar-refractivity contribution in [3.63, 3.8) is 0 Å². The summed E-state index contributed by atoms with van der Waals surface area (Å²) in [5.74, 6) is 0.845. The van der Waals surface area contributed by atoms with Crippen LogP contribution in [-0.4, -0.2) is 17.4 Å². The van der Waals surface area contributed by atoms with E-state index in [0.717, 1.165) is 27.2 Å². The van der Waals surface area contributed by atoms with Gasteiger partial charge >= 0.3 is 0 Å². The second-order valence-corrected chi connectivity index (χ2v) is 6.74. The predicted molar refractivity (Wildman–Crippen MR) is 108 cm³/mol. The van der Waals surface area contributed by atoms with Crippen molar-refractivity contribution < 1.29 is 4.74 Å². The number of hydrogen-bond donors (Lipinski definition) is 0. The van der Waals surface area contributed by atoms with E-state index in [2.05, 4.69) is 69.7 Å². The lowest BCUT2D eigenvalue weighted by Crippen LogP contribution is -1.99. The molecule has 0 bridgehead atoms. The van der Waals surface area contributed by atoms with Crippen molar-refractivity contribution in [2.75, 3.05) is 6.61 Å². The number of benzene rings is 2. The zero-order valence-corrected chi connectivity index (χ0v) is 16.2. The highest BCUT2D eigenvalue weighted by atomic mass is 79.9. The van der Waals surface area contributed by atoms with Gasteiger partial charge < -0.3 is 9.30 Å². The van der Waals surface area contributed by atoms with E-state index in [4.69, 9.17) is 4.74 Å². The van der Waals surface area contributed by atoms with Crippen LogP contribution in [0.2, 0.25) is 0 Å². The maximum atomic E-state index is 5.53. The van der Waals surface area contributed by atoms with Gasteiger partial charge in [0.1, 0.15) is 5.75 Å². The van der Waals surface area contributed by atoms with Crippen molar-refractivity contribution in [2.24, 2.45) is 4.99 Å². The van der Waals surface area contributed by atoms with Gasteiger partial charge in [0.05, 0.1) is 12.3 Å². The van der Waals surface area contributed by atoms with Crippen molar-refractivity contribution >= 4 is 27.8 Å². The van der Waals surface area contributed by atoms with Crippen molar-refractivity contribution in [1.29, 1.82) is 0 Å². The first-order valence-corrected chi connectivity index (χ1v) is 9.09. The third kappa shape index (κ3) is 4.02. The minimum atomic E-state index is 0.654. The van der Waals surface area contributed by atoms with Crippen LogP contribution >= 0.6 is 15.9 Å². The van der Waals surface area contributed by atoms with E-state index >= 15 is 0 Å². The highest BCUT2D eigenvalue weighted by molar-refractivity contribution is 9.10. The number of nitrogens with zero attached hydrogens (tertiary/aromatic N) is 2. The molecule has 0 aliphatic heterocycles. The Hall–Kier alpha value is -2.33. The Morgan fingerprint density at radius 3 is 2.56 bits per heavy atom. The van der Waals surface area contributed by atoms with E-state index in [9.17, 15) is 0 Å². The minimum Gasteiger partial charge on any atom is -0.494 e. The molecule has 4 heteroatoms. The fraction of sp³-hybridized carbons (Fsp3) is 0.190. The van der Waals surface area contributed by atoms with Gasteiger partial charge in [-0.2, -0.15) is 0 Å². The molecule has 3 nitrogen and oxygen atoms in total. The maximum Gasteiger partial charge on any atom is 0.121 e. The molecule has 0 unspecified atom stereocenters. The summed E-state index contributed by atoms with van der Waals surface area (Å²) in [6, 6.07) is 18.3. The molecule has 0 fully saturated rings. The van der Waals surface area contributed by atoms with Gasteiger partial charge in [-0.25, -0.2) is 0 Å². The van der Waals surface area contributed by atoms with E-state index in [0.29, 0.717) is 6.61 Å². The molecule has 1 heterocycles. The Kier molecular flexibility index (Phi) is 5.39. The standard InChI is InChI=1S/C21H21BrN2O/c1-4-25-21-7-5-6-19(13-21)23-14-17-12-15(2)24(16(17)3)20-10-8-18(22)9-11-20/h5-14H,4H2,1-3H3. The average molecular weight is 397 g/mol. The van der Waals surface area contributed by atoms with E-state index in [-0.39, 0.29) is 0 Å². The summed E-state index contributed by atoms with van der Waals surface area (Å²) >= 11 is 3.49. The summed E-state index contributed by atoms with van der Waals surface area (Å²) in [5.41, 5.74) is 5.51. The maximum absolute atomic E-state index is 5.53. The monoisotopic (exact) mass is 396 g/mol. The molecule has 3 rings (SSSR count). The number of ether oxygens (including phenoxy) is 1. The van der Waals surface area contributed by atoms with Crippen molar-refractivity contribution in [3.05, 3.63) is 76.0 Å². The van der Waals surface area contributed by atoms with Crippen molar-refractivity contribution in [2.45, 2.75) is 20.8 Å². The largest absolute Gasteiger partial charge is 0.494 e. The van der Waals surface area contributed by atoms with Crippen molar-refractivity contribution in [1.82, 2.24) is 4.57 Å². The Balaban J connectivity index is 1.90. The highest BCUT2D eigenvalue weighted by Gasteiger charge is 2.09. The summed E-state index contributed by atoms with van der Waals surface area (Å²) in [4.78, 5) is 4.62. The van der Waals surface area contributed by atoms with E-state index in [1.165, 1.54) is 11.4 Å². The molecule has 0 amide bonds. The predicted octanol–water partition coefficient (Wildman–Crippen LogP) is 6.01. The summed E-state index contributed by atoms with van der Waals surface area (Å²) in [6.07, 6.45) is 1.92. The Labute approximate surface area is 157 Å². The first-order chi connectivity index (χ1) is 12.1. The van der Waals surface area contributed by atoms with Gasteiger partial charge in [-0.05, 0) is 63.2 Å². The molecule has 3 aromatic rings. The van der Waals surface area contributed by atoms with Crippen LogP contribution in [0, 0.1) is 13.8 Å². The lowest BCUT2D eigenvalue weighted by molar-refractivity contribution is 0.340. The van der Waals surface area contributed by atoms with Gasteiger partial charge in [0.25, 0.3) is 0 Å². The zero-order chi connectivity index (χ0) is 17.8. The molecular formula is C21H21BrN2O. The average Bonchev–Trinajstić information content (AvgIpc) is 2.89. The first kappa shape index (κ1) is 17.5. The molecule has 0 saturated carbocycles. The number of hydrogen-bond acceptors (Lipinski definition) is 2. The first-order valence-electron chi connectivity index (χ1n) is 8.30. The van der Waals surface area contributed by atoms with Crippen molar-refractivity contribution in [3.8, 4) is 11.4 Å². The van der Waals surface area contributed by atoms with E-state index in [1.54, 1.807) is 0 Å². The van der Waals surface area contributed by atoms with Gasteiger partial charge in [-0.15, -0.1) is 0 Å². The quantitative estimate of drug-likeness (QED) is 0.485. The topological polar surface area (TPSA) is 26.5 Å². The Morgan fingerprint density at radius 1 is 1.08 bits per heavy atom. The van der Waals surface area contributed by atoms with Crippen LogP contribution in [0.1, 0.15) is 23.9 Å². The normalized spacial score (nSPS) is 11.2. The fourth-order valence-electron chi connectivity index (χ4n) is 2.87. The second kappa shape index (κ2) is 7.70. The van der Waals surface area contributed by atoms with Gasteiger partial charge in [-0.3, -0.25) is 4.99 Å². The third-order valence-corrected chi connectivity index (χ3v) is 4.57. The Bertz CT molecular complexity index is 895. The molecule has 2 aromatic carbocycles. The van der Waals surface area contributed by atoms with Gasteiger partial charge in [0.2, 0.25) is 0 Å². The molecule has 25 heavy (non-hydrogen) atoms. The lowest BCUT2D eigenvalue weighted by atomic mass is 10.2. The van der Waals surface area contributed by atoms with Crippen LogP contribution in [0.4, 0.5) is 5.69 Å². The molecule has 0 aliphatic rings. The third-order valence-electron chi connectivity index (χ3n) is 4.04. The number of aryl methyl sites for hydroxylation is 1. The number of rotatable bonds is 5. The summed E-state index contributed by atoms with van der Waals surface area (Å²) in [7, 11) is 0. The molecule has 0 spiro atoms. The summed E-state index contributed by atoms with van der Waals surface area (Å²) in [5, 5.41) is 0. The molecule has 1 aromatic heterocycles.